The fourth-order valence-electron chi connectivity index (χ4n) is 1.98. The van der Waals surface area contributed by atoms with Gasteiger partial charge < -0.3 is 9.84 Å². The normalized spacial score (nSPS) is 22.7. The third-order valence-electron chi connectivity index (χ3n) is 3.39. The fourth-order valence-corrected chi connectivity index (χ4v) is 2.97. The number of thioether (sulfide) groups is 1. The van der Waals surface area contributed by atoms with Crippen LogP contribution in [-0.2, 0) is 9.53 Å². The summed E-state index contributed by atoms with van der Waals surface area (Å²) in [6.45, 7) is 5.96. The molecule has 19 heavy (non-hydrogen) atoms. The first-order chi connectivity index (χ1) is 8.97. The number of carbonyl (C=O) groups is 1. The highest BCUT2D eigenvalue weighted by Gasteiger charge is 2.30. The summed E-state index contributed by atoms with van der Waals surface area (Å²) in [5.74, 6) is -0.170. The Morgan fingerprint density at radius 2 is 1.95 bits per heavy atom. The van der Waals surface area contributed by atoms with E-state index in [-0.39, 0.29) is 6.10 Å². The molecule has 1 aliphatic rings. The Balaban J connectivity index is 1.91. The van der Waals surface area contributed by atoms with Gasteiger partial charge in [0.1, 0.15) is 0 Å². The molecule has 0 saturated carbocycles. The Hall–Kier alpha value is -1.14. The average Bonchev–Trinajstić information content (AvgIpc) is 2.82. The molecular weight excluding hydrogens is 264 g/mol. The van der Waals surface area contributed by atoms with Gasteiger partial charge in [-0.2, -0.15) is 0 Å². The lowest BCUT2D eigenvalue weighted by Crippen LogP contribution is -2.21. The number of aryl methyl sites for hydroxylation is 2. The second-order valence-corrected chi connectivity index (χ2v) is 5.76. The number of hydrogen-bond donors (Lipinski definition) is 1. The van der Waals surface area contributed by atoms with Gasteiger partial charge in [-0.3, -0.25) is 0 Å². The highest BCUT2D eigenvalue weighted by molar-refractivity contribution is 7.99. The molecule has 1 N–H and O–H groups in total. The molecule has 0 amide bonds. The van der Waals surface area contributed by atoms with E-state index in [4.69, 9.17) is 9.84 Å². The van der Waals surface area contributed by atoms with E-state index >= 15 is 0 Å². The van der Waals surface area contributed by atoms with Crippen LogP contribution in [-0.4, -0.2) is 39.0 Å². The zero-order chi connectivity index (χ0) is 14.0. The van der Waals surface area contributed by atoms with Gasteiger partial charge in [0.15, 0.2) is 11.3 Å². The van der Waals surface area contributed by atoms with Gasteiger partial charge in [-0.05, 0) is 39.2 Å². The Labute approximate surface area is 116 Å². The third kappa shape index (κ3) is 3.45. The summed E-state index contributed by atoms with van der Waals surface area (Å²) in [7, 11) is 0. The summed E-state index contributed by atoms with van der Waals surface area (Å²) < 4.78 is 5.45. The van der Waals surface area contributed by atoms with Crippen LogP contribution in [0.25, 0.3) is 0 Å². The van der Waals surface area contributed by atoms with Crippen molar-refractivity contribution in [2.24, 2.45) is 0 Å². The van der Waals surface area contributed by atoms with Crippen molar-refractivity contribution in [2.45, 2.75) is 51.0 Å². The number of carboxylic acids is 1. The highest BCUT2D eigenvalue weighted by atomic mass is 32.2. The molecule has 0 aliphatic carbocycles. The zero-order valence-electron chi connectivity index (χ0n) is 11.3. The van der Waals surface area contributed by atoms with E-state index in [2.05, 4.69) is 9.97 Å². The quantitative estimate of drug-likeness (QED) is 0.673. The van der Waals surface area contributed by atoms with Crippen LogP contribution >= 0.6 is 11.8 Å². The van der Waals surface area contributed by atoms with Gasteiger partial charge in [0.25, 0.3) is 0 Å². The second-order valence-electron chi connectivity index (χ2n) is 4.78. The first-order valence-corrected chi connectivity index (χ1v) is 7.29. The lowest BCUT2D eigenvalue weighted by Gasteiger charge is -2.11. The summed E-state index contributed by atoms with van der Waals surface area (Å²) in [5.41, 5.74) is 3.10. The molecule has 1 saturated heterocycles. The van der Waals surface area contributed by atoms with E-state index in [1.165, 1.54) is 11.8 Å². The van der Waals surface area contributed by atoms with Crippen LogP contribution in [0, 0.1) is 20.8 Å². The van der Waals surface area contributed by atoms with Crippen LogP contribution in [0.1, 0.15) is 29.8 Å². The van der Waals surface area contributed by atoms with Crippen molar-refractivity contribution in [3.8, 4) is 0 Å². The van der Waals surface area contributed by atoms with E-state index in [0.29, 0.717) is 12.2 Å². The lowest BCUT2D eigenvalue weighted by atomic mass is 10.2. The maximum Gasteiger partial charge on any atom is 0.332 e. The predicted octanol–water partition coefficient (Wildman–Crippen LogP) is 2.13. The number of aliphatic carboxylic acids is 1. The Bertz CT molecular complexity index is 470. The molecule has 5 nitrogen and oxygen atoms in total. The summed E-state index contributed by atoms with van der Waals surface area (Å²) >= 11 is 1.53. The summed E-state index contributed by atoms with van der Waals surface area (Å²) in [4.78, 5) is 19.6. The number of aromatic nitrogens is 2. The van der Waals surface area contributed by atoms with E-state index in [0.717, 1.165) is 28.5 Å². The van der Waals surface area contributed by atoms with Crippen molar-refractivity contribution < 1.29 is 14.6 Å². The third-order valence-corrected chi connectivity index (χ3v) is 4.37. The molecule has 2 unspecified atom stereocenters. The molecule has 2 rings (SSSR count). The van der Waals surface area contributed by atoms with Crippen molar-refractivity contribution in [3.63, 3.8) is 0 Å². The summed E-state index contributed by atoms with van der Waals surface area (Å²) in [5, 5.41) is 9.60. The molecular formula is C13H18N2O3S. The van der Waals surface area contributed by atoms with Gasteiger partial charge in [0, 0.05) is 17.1 Å². The molecule has 1 fully saturated rings. The van der Waals surface area contributed by atoms with Crippen molar-refractivity contribution in [1.29, 1.82) is 0 Å². The molecule has 104 valence electrons. The molecule has 1 aliphatic heterocycles. The van der Waals surface area contributed by atoms with Crippen LogP contribution in [0.4, 0.5) is 0 Å². The standard InChI is InChI=1S/C13H18N2O3S/c1-7-8(2)14-13(15-9(7)3)19-6-10-4-5-11(18-10)12(16)17/h10-11H,4-6H2,1-3H3,(H,16,17). The number of hydrogen-bond acceptors (Lipinski definition) is 5. The lowest BCUT2D eigenvalue weighted by molar-refractivity contribution is -0.148. The van der Waals surface area contributed by atoms with Gasteiger partial charge >= 0.3 is 5.97 Å². The van der Waals surface area contributed by atoms with Gasteiger partial charge in [-0.15, -0.1) is 0 Å². The van der Waals surface area contributed by atoms with E-state index < -0.39 is 12.1 Å². The number of ether oxygens (including phenoxy) is 1. The van der Waals surface area contributed by atoms with Gasteiger partial charge in [-0.1, -0.05) is 11.8 Å². The topological polar surface area (TPSA) is 72.3 Å². The molecule has 1 aromatic rings. The minimum absolute atomic E-state index is 0.0170. The minimum Gasteiger partial charge on any atom is -0.479 e. The molecule has 2 heterocycles. The molecule has 0 spiro atoms. The van der Waals surface area contributed by atoms with Gasteiger partial charge in [-0.25, -0.2) is 14.8 Å². The Morgan fingerprint density at radius 3 is 2.47 bits per heavy atom. The largest absolute Gasteiger partial charge is 0.479 e. The van der Waals surface area contributed by atoms with Crippen LogP contribution in [0.5, 0.6) is 0 Å². The molecule has 0 bridgehead atoms. The summed E-state index contributed by atoms with van der Waals surface area (Å²) in [6, 6.07) is 0. The maximum absolute atomic E-state index is 10.8. The monoisotopic (exact) mass is 282 g/mol. The fraction of sp³-hybridized carbons (Fsp3) is 0.615. The van der Waals surface area contributed by atoms with E-state index in [1.54, 1.807) is 0 Å². The second kappa shape index (κ2) is 5.88. The smallest absolute Gasteiger partial charge is 0.332 e. The Morgan fingerprint density at radius 1 is 1.32 bits per heavy atom. The Kier molecular flexibility index (Phi) is 4.42. The molecule has 6 heteroatoms. The minimum atomic E-state index is -0.870. The van der Waals surface area contributed by atoms with E-state index in [9.17, 15) is 4.79 Å². The molecule has 1 aromatic heterocycles. The maximum atomic E-state index is 10.8. The molecule has 0 radical (unpaired) electrons. The van der Waals surface area contributed by atoms with Crippen LogP contribution in [0.15, 0.2) is 5.16 Å². The molecule has 2 atom stereocenters. The van der Waals surface area contributed by atoms with Crippen molar-refractivity contribution in [3.05, 3.63) is 17.0 Å². The first kappa shape index (κ1) is 14.3. The van der Waals surface area contributed by atoms with Crippen molar-refractivity contribution >= 4 is 17.7 Å². The van der Waals surface area contributed by atoms with Gasteiger partial charge in [0.05, 0.1) is 6.10 Å². The van der Waals surface area contributed by atoms with Gasteiger partial charge in [0.2, 0.25) is 0 Å². The first-order valence-electron chi connectivity index (χ1n) is 6.30. The van der Waals surface area contributed by atoms with Crippen LogP contribution < -0.4 is 0 Å². The number of carboxylic acid groups (broad SMARTS) is 1. The van der Waals surface area contributed by atoms with Crippen molar-refractivity contribution in [2.75, 3.05) is 5.75 Å². The molecule has 0 aromatic carbocycles. The van der Waals surface area contributed by atoms with Crippen LogP contribution in [0.3, 0.4) is 0 Å². The number of rotatable bonds is 4. The average molecular weight is 282 g/mol. The zero-order valence-corrected chi connectivity index (χ0v) is 12.2. The van der Waals surface area contributed by atoms with Crippen molar-refractivity contribution in [1.82, 2.24) is 9.97 Å². The summed E-state index contributed by atoms with van der Waals surface area (Å²) in [6.07, 6.45) is 0.714. The number of nitrogens with zero attached hydrogens (tertiary/aromatic N) is 2. The van der Waals surface area contributed by atoms with E-state index in [1.807, 2.05) is 20.8 Å². The SMILES string of the molecule is Cc1nc(SCC2CCC(C(=O)O)O2)nc(C)c1C. The predicted molar refractivity (Wildman–Crippen MR) is 72.5 cm³/mol. The highest BCUT2D eigenvalue weighted by Crippen LogP contribution is 2.26. The van der Waals surface area contributed by atoms with Crippen LogP contribution in [0.2, 0.25) is 0 Å².